The summed E-state index contributed by atoms with van der Waals surface area (Å²) in [6.07, 6.45) is -0.464. The highest BCUT2D eigenvalue weighted by Crippen LogP contribution is 2.20. The lowest BCUT2D eigenvalue weighted by Crippen LogP contribution is -2.14. The number of sulfone groups is 1. The molecule has 0 atom stereocenters. The minimum absolute atomic E-state index is 0.00374. The van der Waals surface area contributed by atoms with Crippen molar-refractivity contribution < 1.29 is 27.9 Å². The third-order valence-electron chi connectivity index (χ3n) is 3.41. The summed E-state index contributed by atoms with van der Waals surface area (Å²) in [5, 5.41) is 11.2. The van der Waals surface area contributed by atoms with Crippen molar-refractivity contribution in [2.75, 3.05) is 18.2 Å². The van der Waals surface area contributed by atoms with Gasteiger partial charge < -0.3 is 15.2 Å². The highest BCUT2D eigenvalue weighted by Gasteiger charge is 2.17. The lowest BCUT2D eigenvalue weighted by Gasteiger charge is -2.10. The zero-order valence-corrected chi connectivity index (χ0v) is 14.2. The smallest absolute Gasteiger partial charge is 0.304 e. The molecule has 2 N–H and O–H groups in total. The molecule has 2 rings (SSSR count). The molecule has 0 aliphatic heterocycles. The van der Waals surface area contributed by atoms with Crippen LogP contribution < -0.4 is 10.1 Å². The molecule has 0 fully saturated rings. The number of para-hydroxylation sites is 1. The Hall–Kier alpha value is -2.87. The predicted octanol–water partition coefficient (Wildman–Crippen LogP) is 2.20. The molecule has 2 aromatic rings. The van der Waals surface area contributed by atoms with E-state index in [1.54, 1.807) is 24.3 Å². The second-order valence-corrected chi connectivity index (χ2v) is 7.25. The van der Waals surface area contributed by atoms with E-state index in [-0.39, 0.29) is 10.8 Å². The SMILES string of the molecule is COc1ccccc1C(=O)Nc1ccc(S(=O)(=O)CCC(=O)O)cc1. The van der Waals surface area contributed by atoms with Crippen LogP contribution in [0.3, 0.4) is 0 Å². The van der Waals surface area contributed by atoms with Crippen molar-refractivity contribution in [1.29, 1.82) is 0 Å². The average molecular weight is 363 g/mol. The van der Waals surface area contributed by atoms with Crippen molar-refractivity contribution in [1.82, 2.24) is 0 Å². The highest BCUT2D eigenvalue weighted by molar-refractivity contribution is 7.91. The number of nitrogens with one attached hydrogen (secondary N) is 1. The van der Waals surface area contributed by atoms with Crippen molar-refractivity contribution in [2.45, 2.75) is 11.3 Å². The normalized spacial score (nSPS) is 10.9. The number of anilines is 1. The Bertz CT molecular complexity index is 874. The fourth-order valence-electron chi connectivity index (χ4n) is 2.12. The van der Waals surface area contributed by atoms with Gasteiger partial charge in [-0.05, 0) is 36.4 Å². The topological polar surface area (TPSA) is 110 Å². The summed E-state index contributed by atoms with van der Waals surface area (Å²) in [4.78, 5) is 22.8. The molecule has 8 heteroatoms. The average Bonchev–Trinajstić information content (AvgIpc) is 2.60. The molecule has 0 aromatic heterocycles. The number of ether oxygens (including phenoxy) is 1. The maximum atomic E-state index is 12.3. The van der Waals surface area contributed by atoms with E-state index in [2.05, 4.69) is 5.32 Å². The fraction of sp³-hybridized carbons (Fsp3) is 0.176. The van der Waals surface area contributed by atoms with Crippen LogP contribution in [0, 0.1) is 0 Å². The van der Waals surface area contributed by atoms with Gasteiger partial charge in [0.15, 0.2) is 9.84 Å². The Morgan fingerprint density at radius 2 is 1.72 bits per heavy atom. The number of benzene rings is 2. The number of carboxylic acids is 1. The summed E-state index contributed by atoms with van der Waals surface area (Å²) >= 11 is 0. The van der Waals surface area contributed by atoms with Crippen LogP contribution in [0.1, 0.15) is 16.8 Å². The maximum Gasteiger partial charge on any atom is 0.304 e. The van der Waals surface area contributed by atoms with E-state index in [9.17, 15) is 18.0 Å². The van der Waals surface area contributed by atoms with Crippen LogP contribution in [0.2, 0.25) is 0 Å². The molecule has 2 aromatic carbocycles. The second-order valence-electron chi connectivity index (χ2n) is 5.14. The second kappa shape index (κ2) is 7.80. The van der Waals surface area contributed by atoms with Gasteiger partial charge in [0, 0.05) is 5.69 Å². The zero-order valence-electron chi connectivity index (χ0n) is 13.4. The van der Waals surface area contributed by atoms with Gasteiger partial charge in [-0.25, -0.2) is 8.42 Å². The number of methoxy groups -OCH3 is 1. The van der Waals surface area contributed by atoms with Gasteiger partial charge in [0.1, 0.15) is 5.75 Å². The minimum Gasteiger partial charge on any atom is -0.496 e. The number of aliphatic carboxylic acids is 1. The van der Waals surface area contributed by atoms with Crippen molar-refractivity contribution in [3.8, 4) is 5.75 Å². The third-order valence-corrected chi connectivity index (χ3v) is 5.14. The van der Waals surface area contributed by atoms with Crippen LogP contribution in [0.25, 0.3) is 0 Å². The number of carbonyl (C=O) groups excluding carboxylic acids is 1. The van der Waals surface area contributed by atoms with E-state index < -0.39 is 28.0 Å². The van der Waals surface area contributed by atoms with Crippen LogP contribution in [-0.4, -0.2) is 38.3 Å². The van der Waals surface area contributed by atoms with Crippen molar-refractivity contribution in [3.05, 3.63) is 54.1 Å². The van der Waals surface area contributed by atoms with E-state index in [0.717, 1.165) is 0 Å². The first-order valence-electron chi connectivity index (χ1n) is 7.32. The predicted molar refractivity (Wildman–Crippen MR) is 91.7 cm³/mol. The minimum atomic E-state index is -3.68. The van der Waals surface area contributed by atoms with Crippen LogP contribution in [0.4, 0.5) is 5.69 Å². The molecule has 7 nitrogen and oxygen atoms in total. The molecule has 0 saturated heterocycles. The zero-order chi connectivity index (χ0) is 18.4. The summed E-state index contributed by atoms with van der Waals surface area (Å²) in [5.74, 6) is -1.62. The summed E-state index contributed by atoms with van der Waals surface area (Å²) in [5.41, 5.74) is 0.760. The van der Waals surface area contributed by atoms with E-state index in [0.29, 0.717) is 17.0 Å². The van der Waals surface area contributed by atoms with Crippen LogP contribution in [-0.2, 0) is 14.6 Å². The van der Waals surface area contributed by atoms with E-state index >= 15 is 0 Å². The van der Waals surface area contributed by atoms with Crippen molar-refractivity contribution in [3.63, 3.8) is 0 Å². The molecule has 1 amide bonds. The molecule has 0 saturated carbocycles. The fourth-order valence-corrected chi connectivity index (χ4v) is 3.35. The van der Waals surface area contributed by atoms with E-state index in [1.165, 1.54) is 31.4 Å². The van der Waals surface area contributed by atoms with Crippen molar-refractivity contribution >= 4 is 27.4 Å². The summed E-state index contributed by atoms with van der Waals surface area (Å²) < 4.78 is 29.1. The van der Waals surface area contributed by atoms with Gasteiger partial charge in [-0.1, -0.05) is 12.1 Å². The molecule has 25 heavy (non-hydrogen) atoms. The number of amides is 1. The van der Waals surface area contributed by atoms with Crippen LogP contribution >= 0.6 is 0 Å². The standard InChI is InChI=1S/C17H17NO6S/c1-24-15-5-3-2-4-14(15)17(21)18-12-6-8-13(9-7-12)25(22,23)11-10-16(19)20/h2-9H,10-11H2,1H3,(H,18,21)(H,19,20). The molecular weight excluding hydrogens is 346 g/mol. The van der Waals surface area contributed by atoms with E-state index in [1.807, 2.05) is 0 Å². The Morgan fingerprint density at radius 3 is 2.32 bits per heavy atom. The van der Waals surface area contributed by atoms with Gasteiger partial charge >= 0.3 is 5.97 Å². The monoisotopic (exact) mass is 363 g/mol. The number of hydrogen-bond donors (Lipinski definition) is 2. The Morgan fingerprint density at radius 1 is 1.08 bits per heavy atom. The first-order valence-corrected chi connectivity index (χ1v) is 8.97. The van der Waals surface area contributed by atoms with Gasteiger partial charge in [-0.3, -0.25) is 9.59 Å². The van der Waals surface area contributed by atoms with Crippen LogP contribution in [0.5, 0.6) is 5.75 Å². The molecule has 132 valence electrons. The highest BCUT2D eigenvalue weighted by atomic mass is 32.2. The third kappa shape index (κ3) is 4.80. The Labute approximate surface area is 145 Å². The molecule has 0 spiro atoms. The maximum absolute atomic E-state index is 12.3. The number of carbonyl (C=O) groups is 2. The summed E-state index contributed by atoms with van der Waals surface area (Å²) in [6, 6.07) is 12.3. The molecule has 0 radical (unpaired) electrons. The molecule has 0 bridgehead atoms. The molecular formula is C17H17NO6S. The first kappa shape index (κ1) is 18.5. The van der Waals surface area contributed by atoms with Gasteiger partial charge in [0.25, 0.3) is 5.91 Å². The molecule has 0 aliphatic rings. The van der Waals surface area contributed by atoms with E-state index in [4.69, 9.17) is 9.84 Å². The molecule has 0 heterocycles. The van der Waals surface area contributed by atoms with Gasteiger partial charge in [-0.2, -0.15) is 0 Å². The number of hydrogen-bond acceptors (Lipinski definition) is 5. The number of carboxylic acid groups (broad SMARTS) is 1. The quantitative estimate of drug-likeness (QED) is 0.780. The molecule has 0 aliphatic carbocycles. The summed E-state index contributed by atoms with van der Waals surface area (Å²) in [7, 11) is -2.22. The van der Waals surface area contributed by atoms with Gasteiger partial charge in [-0.15, -0.1) is 0 Å². The Kier molecular flexibility index (Phi) is 5.76. The lowest BCUT2D eigenvalue weighted by atomic mass is 10.2. The Balaban J connectivity index is 2.12. The van der Waals surface area contributed by atoms with Gasteiger partial charge in [0.2, 0.25) is 0 Å². The van der Waals surface area contributed by atoms with Crippen molar-refractivity contribution in [2.24, 2.45) is 0 Å². The summed E-state index contributed by atoms with van der Waals surface area (Å²) in [6.45, 7) is 0. The molecule has 0 unspecified atom stereocenters. The number of rotatable bonds is 7. The lowest BCUT2D eigenvalue weighted by molar-refractivity contribution is -0.136. The van der Waals surface area contributed by atoms with Crippen LogP contribution in [0.15, 0.2) is 53.4 Å². The van der Waals surface area contributed by atoms with Gasteiger partial charge in [0.05, 0.1) is 29.7 Å². The largest absolute Gasteiger partial charge is 0.496 e. The first-order chi connectivity index (χ1) is 11.8.